The lowest BCUT2D eigenvalue weighted by molar-refractivity contribution is 0.216. The molecule has 5 nitrogen and oxygen atoms in total. The number of hydrogen-bond donors (Lipinski definition) is 1. The van der Waals surface area contributed by atoms with E-state index in [2.05, 4.69) is 9.62 Å². The number of sulfonamides is 1. The lowest BCUT2D eigenvalue weighted by atomic mass is 10.2. The standard InChI is InChI=1S/C14H23ClN2O3S/c15-7-1-4-11-21(18,19)16-12-13(14-6-5-10-20-14)17-8-2-3-9-17/h5-6,10,13,16H,1-4,7-9,11-12H2. The minimum absolute atomic E-state index is 0.0229. The monoisotopic (exact) mass is 334 g/mol. The molecular formula is C14H23ClN2O3S. The van der Waals surface area contributed by atoms with Crippen LogP contribution in [-0.2, 0) is 10.0 Å². The molecule has 1 unspecified atom stereocenters. The highest BCUT2D eigenvalue weighted by molar-refractivity contribution is 7.89. The molecule has 7 heteroatoms. The molecule has 2 rings (SSSR count). The second-order valence-corrected chi connectivity index (χ2v) is 7.64. The Morgan fingerprint density at radius 3 is 2.71 bits per heavy atom. The number of hydrogen-bond acceptors (Lipinski definition) is 4. The minimum atomic E-state index is -3.25. The molecule has 0 bridgehead atoms. The third-order valence-electron chi connectivity index (χ3n) is 3.75. The lowest BCUT2D eigenvalue weighted by Gasteiger charge is -2.25. The summed E-state index contributed by atoms with van der Waals surface area (Å²) in [5.41, 5.74) is 0. The average Bonchev–Trinajstić information content (AvgIpc) is 3.12. The summed E-state index contributed by atoms with van der Waals surface area (Å²) in [4.78, 5) is 2.28. The van der Waals surface area contributed by atoms with Crippen LogP contribution < -0.4 is 4.72 Å². The van der Waals surface area contributed by atoms with Gasteiger partial charge in [-0.05, 0) is 50.9 Å². The molecule has 0 aliphatic carbocycles. The molecule has 0 radical (unpaired) electrons. The maximum atomic E-state index is 12.0. The van der Waals surface area contributed by atoms with E-state index in [9.17, 15) is 8.42 Å². The fraction of sp³-hybridized carbons (Fsp3) is 0.714. The van der Waals surface area contributed by atoms with Gasteiger partial charge in [-0.3, -0.25) is 4.90 Å². The van der Waals surface area contributed by atoms with Gasteiger partial charge in [0.05, 0.1) is 18.1 Å². The van der Waals surface area contributed by atoms with Crippen LogP contribution in [0.25, 0.3) is 0 Å². The summed E-state index contributed by atoms with van der Waals surface area (Å²) < 4.78 is 32.2. The first-order valence-electron chi connectivity index (χ1n) is 7.43. The van der Waals surface area contributed by atoms with Gasteiger partial charge in [-0.25, -0.2) is 13.1 Å². The van der Waals surface area contributed by atoms with Crippen molar-refractivity contribution in [3.63, 3.8) is 0 Å². The normalized spacial score (nSPS) is 18.1. The molecule has 2 heterocycles. The molecular weight excluding hydrogens is 312 g/mol. The molecule has 1 aromatic rings. The zero-order valence-electron chi connectivity index (χ0n) is 12.1. The van der Waals surface area contributed by atoms with Crippen molar-refractivity contribution in [2.75, 3.05) is 31.3 Å². The Balaban J connectivity index is 1.93. The Hall–Kier alpha value is -0.560. The van der Waals surface area contributed by atoms with Gasteiger partial charge in [0, 0.05) is 12.4 Å². The number of unbranched alkanes of at least 4 members (excludes halogenated alkanes) is 1. The van der Waals surface area contributed by atoms with E-state index in [0.29, 0.717) is 18.8 Å². The van der Waals surface area contributed by atoms with E-state index in [4.69, 9.17) is 16.0 Å². The van der Waals surface area contributed by atoms with Gasteiger partial charge in [-0.15, -0.1) is 11.6 Å². The van der Waals surface area contributed by atoms with Crippen molar-refractivity contribution in [3.8, 4) is 0 Å². The highest BCUT2D eigenvalue weighted by atomic mass is 35.5. The summed E-state index contributed by atoms with van der Waals surface area (Å²) in [6.45, 7) is 2.33. The molecule has 0 amide bonds. The number of rotatable bonds is 9. The Labute approximate surface area is 131 Å². The van der Waals surface area contributed by atoms with Crippen molar-refractivity contribution in [2.24, 2.45) is 0 Å². The molecule has 21 heavy (non-hydrogen) atoms. The van der Waals surface area contributed by atoms with Crippen LogP contribution >= 0.6 is 11.6 Å². The van der Waals surface area contributed by atoms with E-state index in [1.807, 2.05) is 12.1 Å². The first-order valence-corrected chi connectivity index (χ1v) is 9.62. The van der Waals surface area contributed by atoms with Crippen molar-refractivity contribution in [3.05, 3.63) is 24.2 Å². The first kappa shape index (κ1) is 16.8. The summed E-state index contributed by atoms with van der Waals surface area (Å²) in [6.07, 6.45) is 5.25. The molecule has 1 saturated heterocycles. The zero-order valence-corrected chi connectivity index (χ0v) is 13.7. The molecule has 0 spiro atoms. The molecule has 0 saturated carbocycles. The average molecular weight is 335 g/mol. The number of furan rings is 1. The van der Waals surface area contributed by atoms with E-state index in [-0.39, 0.29) is 11.8 Å². The molecule has 0 aromatic carbocycles. The molecule has 1 fully saturated rings. The fourth-order valence-corrected chi connectivity index (χ4v) is 3.94. The van der Waals surface area contributed by atoms with Crippen LogP contribution in [0.1, 0.15) is 37.5 Å². The van der Waals surface area contributed by atoms with Gasteiger partial charge < -0.3 is 4.42 Å². The van der Waals surface area contributed by atoms with Crippen molar-refractivity contribution in [1.82, 2.24) is 9.62 Å². The van der Waals surface area contributed by atoms with Gasteiger partial charge in [0.2, 0.25) is 10.0 Å². The van der Waals surface area contributed by atoms with E-state index >= 15 is 0 Å². The van der Waals surface area contributed by atoms with Gasteiger partial charge in [0.1, 0.15) is 5.76 Å². The maximum absolute atomic E-state index is 12.0. The molecule has 1 aliphatic heterocycles. The molecule has 1 N–H and O–H groups in total. The second kappa shape index (κ2) is 8.17. The number of nitrogens with zero attached hydrogens (tertiary/aromatic N) is 1. The number of nitrogens with one attached hydrogen (secondary N) is 1. The molecule has 1 aliphatic rings. The van der Waals surface area contributed by atoms with Gasteiger partial charge >= 0.3 is 0 Å². The Kier molecular flexibility index (Phi) is 6.54. The Morgan fingerprint density at radius 1 is 1.33 bits per heavy atom. The number of alkyl halides is 1. The summed E-state index contributed by atoms with van der Waals surface area (Å²) in [6, 6.07) is 3.73. The largest absolute Gasteiger partial charge is 0.468 e. The van der Waals surface area contributed by atoms with Crippen molar-refractivity contribution in [1.29, 1.82) is 0 Å². The molecule has 1 aromatic heterocycles. The van der Waals surface area contributed by atoms with Crippen molar-refractivity contribution >= 4 is 21.6 Å². The van der Waals surface area contributed by atoms with Crippen LogP contribution in [0.5, 0.6) is 0 Å². The smallest absolute Gasteiger partial charge is 0.211 e. The summed E-state index contributed by atoms with van der Waals surface area (Å²) in [5, 5.41) is 0. The van der Waals surface area contributed by atoms with Crippen molar-refractivity contribution in [2.45, 2.75) is 31.7 Å². The summed E-state index contributed by atoms with van der Waals surface area (Å²) >= 11 is 5.58. The third-order valence-corrected chi connectivity index (χ3v) is 5.45. The minimum Gasteiger partial charge on any atom is -0.468 e. The van der Waals surface area contributed by atoms with E-state index in [1.165, 1.54) is 0 Å². The van der Waals surface area contributed by atoms with E-state index in [1.54, 1.807) is 6.26 Å². The quantitative estimate of drug-likeness (QED) is 0.556. The predicted molar refractivity (Wildman–Crippen MR) is 84.0 cm³/mol. The summed E-state index contributed by atoms with van der Waals surface area (Å²) in [7, 11) is -3.25. The SMILES string of the molecule is O=S(=O)(CCCCCl)NCC(c1ccco1)N1CCCC1. The summed E-state index contributed by atoms with van der Waals surface area (Å²) in [5.74, 6) is 1.45. The highest BCUT2D eigenvalue weighted by Gasteiger charge is 2.26. The predicted octanol–water partition coefficient (Wildman–Crippen LogP) is 2.35. The van der Waals surface area contributed by atoms with Crippen LogP contribution in [0.4, 0.5) is 0 Å². The zero-order chi connectivity index (χ0) is 15.1. The van der Waals surface area contributed by atoms with Crippen LogP contribution in [0.15, 0.2) is 22.8 Å². The van der Waals surface area contributed by atoms with E-state index in [0.717, 1.165) is 38.1 Å². The number of likely N-dealkylation sites (tertiary alicyclic amines) is 1. The van der Waals surface area contributed by atoms with Crippen LogP contribution in [0.3, 0.4) is 0 Å². The lowest BCUT2D eigenvalue weighted by Crippen LogP contribution is -2.37. The van der Waals surface area contributed by atoms with Gasteiger partial charge in [-0.2, -0.15) is 0 Å². The van der Waals surface area contributed by atoms with E-state index < -0.39 is 10.0 Å². The van der Waals surface area contributed by atoms with Crippen molar-refractivity contribution < 1.29 is 12.8 Å². The van der Waals surface area contributed by atoms with Crippen LogP contribution in [0.2, 0.25) is 0 Å². The van der Waals surface area contributed by atoms with Crippen LogP contribution in [0, 0.1) is 0 Å². The Morgan fingerprint density at radius 2 is 2.10 bits per heavy atom. The first-order chi connectivity index (χ1) is 10.1. The van der Waals surface area contributed by atoms with Gasteiger partial charge in [-0.1, -0.05) is 0 Å². The number of halogens is 1. The molecule has 1 atom stereocenters. The Bertz CT molecular complexity index is 498. The van der Waals surface area contributed by atoms with Gasteiger partial charge in [0.15, 0.2) is 0 Å². The second-order valence-electron chi connectivity index (χ2n) is 5.34. The van der Waals surface area contributed by atoms with Crippen LogP contribution in [-0.4, -0.2) is 44.6 Å². The maximum Gasteiger partial charge on any atom is 0.211 e. The fourth-order valence-electron chi connectivity index (χ4n) is 2.61. The third kappa shape index (κ3) is 5.29. The van der Waals surface area contributed by atoms with Gasteiger partial charge in [0.25, 0.3) is 0 Å². The molecule has 120 valence electrons. The topological polar surface area (TPSA) is 62.6 Å². The highest BCUT2D eigenvalue weighted by Crippen LogP contribution is 2.25.